The number of halogens is 2. The van der Waals surface area contributed by atoms with E-state index in [0.717, 1.165) is 23.8 Å². The van der Waals surface area contributed by atoms with Gasteiger partial charge in [0.15, 0.2) is 0 Å². The lowest BCUT2D eigenvalue weighted by Gasteiger charge is -2.18. The predicted octanol–water partition coefficient (Wildman–Crippen LogP) is 3.35. The Morgan fingerprint density at radius 1 is 1.21 bits per heavy atom. The van der Waals surface area contributed by atoms with Crippen molar-refractivity contribution in [1.82, 2.24) is 0 Å². The molecule has 0 spiro atoms. The summed E-state index contributed by atoms with van der Waals surface area (Å²) in [5.74, 6) is -2.05. The van der Waals surface area contributed by atoms with Crippen LogP contribution in [0.3, 0.4) is 0 Å². The van der Waals surface area contributed by atoms with Gasteiger partial charge in [0, 0.05) is 12.2 Å². The highest BCUT2D eigenvalue weighted by Gasteiger charge is 2.62. The van der Waals surface area contributed by atoms with Crippen molar-refractivity contribution in [3.05, 3.63) is 71.3 Å². The Morgan fingerprint density at radius 3 is 2.67 bits per heavy atom. The highest BCUT2D eigenvalue weighted by molar-refractivity contribution is 5.87. The van der Waals surface area contributed by atoms with Gasteiger partial charge in [0.2, 0.25) is 0 Å². The van der Waals surface area contributed by atoms with Crippen molar-refractivity contribution in [2.24, 2.45) is 5.92 Å². The number of aliphatic hydroxyl groups is 1. The van der Waals surface area contributed by atoms with Crippen LogP contribution in [0.25, 0.3) is 0 Å². The summed E-state index contributed by atoms with van der Waals surface area (Å²) >= 11 is 0. The lowest BCUT2D eigenvalue weighted by Crippen LogP contribution is -2.27. The first-order valence-corrected chi connectivity index (χ1v) is 7.85. The quantitative estimate of drug-likeness (QED) is 0.825. The molecule has 1 fully saturated rings. The second-order valence-electron chi connectivity index (χ2n) is 6.07. The molecular weight excluding hydrogens is 314 g/mol. The Labute approximate surface area is 138 Å². The third kappa shape index (κ3) is 3.04. The summed E-state index contributed by atoms with van der Waals surface area (Å²) in [6.45, 7) is -0.0421. The molecule has 5 heteroatoms. The lowest BCUT2D eigenvalue weighted by molar-refractivity contribution is -0.148. The van der Waals surface area contributed by atoms with Gasteiger partial charge < -0.3 is 9.84 Å². The molecule has 2 aromatic carbocycles. The van der Waals surface area contributed by atoms with Crippen LogP contribution in [0.1, 0.15) is 24.0 Å². The summed E-state index contributed by atoms with van der Waals surface area (Å²) in [6, 6.07) is 12.2. The highest BCUT2D eigenvalue weighted by Crippen LogP contribution is 2.57. The number of carbonyl (C=O) groups is 1. The van der Waals surface area contributed by atoms with Gasteiger partial charge in [-0.15, -0.1) is 0 Å². The van der Waals surface area contributed by atoms with E-state index in [2.05, 4.69) is 0 Å². The zero-order valence-corrected chi connectivity index (χ0v) is 13.0. The molecule has 3 nitrogen and oxygen atoms in total. The molecule has 1 saturated carbocycles. The maximum Gasteiger partial charge on any atom is 0.317 e. The van der Waals surface area contributed by atoms with Gasteiger partial charge in [0.1, 0.15) is 18.2 Å². The van der Waals surface area contributed by atoms with Gasteiger partial charge in [-0.05, 0) is 42.5 Å². The summed E-state index contributed by atoms with van der Waals surface area (Å²) in [5.41, 5.74) is -0.372. The largest absolute Gasteiger partial charge is 0.460 e. The Bertz CT molecular complexity index is 733. The van der Waals surface area contributed by atoms with Crippen molar-refractivity contribution in [3.63, 3.8) is 0 Å². The van der Waals surface area contributed by atoms with Crippen molar-refractivity contribution in [3.8, 4) is 0 Å². The predicted molar refractivity (Wildman–Crippen MR) is 84.1 cm³/mol. The van der Waals surface area contributed by atoms with Gasteiger partial charge in [0.25, 0.3) is 0 Å². The van der Waals surface area contributed by atoms with Gasteiger partial charge in [0.05, 0.1) is 5.41 Å². The topological polar surface area (TPSA) is 46.5 Å². The van der Waals surface area contributed by atoms with Gasteiger partial charge in [-0.1, -0.05) is 30.3 Å². The maximum atomic E-state index is 14.2. The molecular formula is C19H18F2O3. The molecule has 0 heterocycles. The van der Waals surface area contributed by atoms with E-state index in [0.29, 0.717) is 12.8 Å². The lowest BCUT2D eigenvalue weighted by atomic mass is 9.91. The molecule has 0 aliphatic heterocycles. The molecule has 0 amide bonds. The fourth-order valence-electron chi connectivity index (χ4n) is 3.22. The minimum Gasteiger partial charge on any atom is -0.460 e. The summed E-state index contributed by atoms with van der Waals surface area (Å²) in [4.78, 5) is 12.7. The van der Waals surface area contributed by atoms with Crippen LogP contribution < -0.4 is 0 Å². The molecule has 0 unspecified atom stereocenters. The van der Waals surface area contributed by atoms with Crippen molar-refractivity contribution in [2.45, 2.75) is 24.9 Å². The van der Waals surface area contributed by atoms with Crippen LogP contribution in [0.4, 0.5) is 8.78 Å². The average Bonchev–Trinajstić information content (AvgIpc) is 3.31. The zero-order chi connectivity index (χ0) is 17.2. The van der Waals surface area contributed by atoms with Gasteiger partial charge >= 0.3 is 5.97 Å². The van der Waals surface area contributed by atoms with Crippen LogP contribution in [0, 0.1) is 17.6 Å². The molecule has 1 N–H and O–H groups in total. The molecule has 24 heavy (non-hydrogen) atoms. The summed E-state index contributed by atoms with van der Waals surface area (Å²) in [6.07, 6.45) is 0.692. The zero-order valence-electron chi connectivity index (χ0n) is 13.0. The van der Waals surface area contributed by atoms with E-state index in [-0.39, 0.29) is 24.7 Å². The van der Waals surface area contributed by atoms with E-state index in [4.69, 9.17) is 9.84 Å². The summed E-state index contributed by atoms with van der Waals surface area (Å²) in [7, 11) is 0. The number of rotatable bonds is 6. The number of esters is 1. The average molecular weight is 332 g/mol. The normalized spacial score (nSPS) is 22.2. The van der Waals surface area contributed by atoms with Gasteiger partial charge in [-0.25, -0.2) is 8.78 Å². The van der Waals surface area contributed by atoms with Crippen molar-refractivity contribution >= 4 is 5.97 Å². The van der Waals surface area contributed by atoms with Crippen LogP contribution in [-0.4, -0.2) is 17.7 Å². The first-order chi connectivity index (χ1) is 11.6. The van der Waals surface area contributed by atoms with Crippen molar-refractivity contribution < 1.29 is 23.4 Å². The van der Waals surface area contributed by atoms with E-state index < -0.39 is 23.0 Å². The standard InChI is InChI=1S/C19H18F2O3/c20-15-6-7-17(21)16(10-15)19(11-14(19)8-9-22)18(23)24-12-13-4-2-1-3-5-13/h1-7,10,14,22H,8-9,11-12H2/t14-,19+/m0/s1. The highest BCUT2D eigenvalue weighted by atomic mass is 19.1. The van der Waals surface area contributed by atoms with E-state index >= 15 is 0 Å². The number of ether oxygens (including phenoxy) is 1. The van der Waals surface area contributed by atoms with E-state index in [1.54, 1.807) is 0 Å². The van der Waals surface area contributed by atoms with Crippen LogP contribution in [0.15, 0.2) is 48.5 Å². The van der Waals surface area contributed by atoms with Gasteiger partial charge in [-0.3, -0.25) is 4.79 Å². The Hall–Kier alpha value is -2.27. The minimum absolute atomic E-state index is 0.0130. The molecule has 2 aromatic rings. The summed E-state index contributed by atoms with van der Waals surface area (Å²) < 4.78 is 33.1. The third-order valence-corrected chi connectivity index (χ3v) is 4.57. The minimum atomic E-state index is -1.20. The Morgan fingerprint density at radius 2 is 1.96 bits per heavy atom. The number of carbonyl (C=O) groups excluding carboxylic acids is 1. The Balaban J connectivity index is 1.84. The summed E-state index contributed by atoms with van der Waals surface area (Å²) in [5, 5.41) is 9.15. The molecule has 0 radical (unpaired) electrons. The molecule has 1 aliphatic carbocycles. The van der Waals surface area contributed by atoms with Crippen LogP contribution in [0.5, 0.6) is 0 Å². The molecule has 0 saturated heterocycles. The molecule has 2 atom stereocenters. The van der Waals surface area contributed by atoms with E-state index in [1.165, 1.54) is 0 Å². The second-order valence-corrected chi connectivity index (χ2v) is 6.07. The fraction of sp³-hybridized carbons (Fsp3) is 0.316. The Kier molecular flexibility index (Phi) is 4.62. The second kappa shape index (κ2) is 6.69. The van der Waals surface area contributed by atoms with Crippen molar-refractivity contribution in [2.75, 3.05) is 6.61 Å². The fourth-order valence-corrected chi connectivity index (χ4v) is 3.22. The van der Waals surface area contributed by atoms with E-state index in [9.17, 15) is 13.6 Å². The molecule has 0 bridgehead atoms. The smallest absolute Gasteiger partial charge is 0.317 e. The molecule has 1 aliphatic rings. The number of aliphatic hydroxyl groups excluding tert-OH is 1. The monoisotopic (exact) mass is 332 g/mol. The van der Waals surface area contributed by atoms with Crippen LogP contribution in [0.2, 0.25) is 0 Å². The van der Waals surface area contributed by atoms with E-state index in [1.807, 2.05) is 30.3 Å². The van der Waals surface area contributed by atoms with Crippen LogP contribution >= 0.6 is 0 Å². The van der Waals surface area contributed by atoms with Crippen LogP contribution in [-0.2, 0) is 21.6 Å². The molecule has 3 rings (SSSR count). The van der Waals surface area contributed by atoms with Crippen molar-refractivity contribution in [1.29, 1.82) is 0 Å². The number of hydrogen-bond acceptors (Lipinski definition) is 3. The SMILES string of the molecule is O=C(OCc1ccccc1)[C@]1(c2cc(F)ccc2F)C[C@@H]1CCO. The number of hydrogen-bond donors (Lipinski definition) is 1. The first kappa shape index (κ1) is 16.6. The third-order valence-electron chi connectivity index (χ3n) is 4.57. The number of benzene rings is 2. The maximum absolute atomic E-state index is 14.2. The first-order valence-electron chi connectivity index (χ1n) is 7.85. The van der Waals surface area contributed by atoms with Gasteiger partial charge in [-0.2, -0.15) is 0 Å². The molecule has 0 aromatic heterocycles. The molecule has 126 valence electrons.